The van der Waals surface area contributed by atoms with Gasteiger partial charge in [-0.2, -0.15) is 16.8 Å². The van der Waals surface area contributed by atoms with Crippen molar-refractivity contribution in [3.63, 3.8) is 0 Å². The van der Waals surface area contributed by atoms with E-state index in [1.807, 2.05) is 30.0 Å². The summed E-state index contributed by atoms with van der Waals surface area (Å²) >= 11 is 1.91. The second-order valence-electron chi connectivity index (χ2n) is 5.18. The Kier molecular flexibility index (Phi) is 3.72. The Morgan fingerprint density at radius 3 is 2.90 bits per heavy atom. The topological polar surface area (TPSA) is 47.9 Å². The van der Waals surface area contributed by atoms with Crippen molar-refractivity contribution in [2.24, 2.45) is 4.99 Å². The van der Waals surface area contributed by atoms with Crippen molar-refractivity contribution in [1.82, 2.24) is 0 Å². The lowest BCUT2D eigenvalue weighted by Crippen LogP contribution is -2.16. The number of nitrogens with zero attached hydrogens (tertiary/aromatic N) is 1. The molecule has 0 N–H and O–H groups in total. The van der Waals surface area contributed by atoms with Crippen LogP contribution in [0.2, 0.25) is 0 Å². The van der Waals surface area contributed by atoms with Crippen molar-refractivity contribution in [1.29, 1.82) is 0 Å². The van der Waals surface area contributed by atoms with Crippen molar-refractivity contribution in [2.75, 3.05) is 18.6 Å². The zero-order chi connectivity index (χ0) is 14.0. The van der Waals surface area contributed by atoms with Crippen LogP contribution in [0, 0.1) is 0 Å². The van der Waals surface area contributed by atoms with E-state index in [1.165, 1.54) is 0 Å². The van der Waals surface area contributed by atoms with E-state index in [0.717, 1.165) is 42.1 Å². The van der Waals surface area contributed by atoms with E-state index < -0.39 is 5.54 Å². The number of thioether (sulfide) groups is 1. The van der Waals surface area contributed by atoms with Crippen molar-refractivity contribution in [2.45, 2.75) is 30.9 Å². The molecule has 0 amide bonds. The van der Waals surface area contributed by atoms with Crippen molar-refractivity contribution >= 4 is 17.8 Å². The minimum atomic E-state index is -0.434. The van der Waals surface area contributed by atoms with E-state index in [2.05, 4.69) is 4.99 Å². The molecule has 2 aliphatic rings. The Balaban J connectivity index is 1.93. The molecule has 2 fully saturated rings. The summed E-state index contributed by atoms with van der Waals surface area (Å²) < 4.78 is 11.6. The molecule has 0 bridgehead atoms. The summed E-state index contributed by atoms with van der Waals surface area (Å²) in [5, 5.41) is 0. The van der Waals surface area contributed by atoms with Gasteiger partial charge in [0.1, 0.15) is 11.6 Å². The van der Waals surface area contributed by atoms with Gasteiger partial charge in [0.25, 0.3) is 0 Å². The molecule has 1 aliphatic heterocycles. The molecule has 0 spiro atoms. The molecule has 1 saturated heterocycles. The maximum atomic E-state index is 10.6. The van der Waals surface area contributed by atoms with Gasteiger partial charge in [-0.1, -0.05) is 12.1 Å². The summed E-state index contributed by atoms with van der Waals surface area (Å²) in [5.74, 6) is 3.63. The van der Waals surface area contributed by atoms with Crippen LogP contribution in [0.4, 0.5) is 0 Å². The number of aliphatic imine (C=N–C) groups is 1. The average Bonchev–Trinajstić information content (AvgIpc) is 3.06. The monoisotopic (exact) mass is 291 g/mol. The number of carbonyl (C=O) groups excluding carboxylic acids is 1. The average molecular weight is 291 g/mol. The molecule has 3 rings (SSSR count). The van der Waals surface area contributed by atoms with Gasteiger partial charge in [0.05, 0.1) is 7.11 Å². The number of methoxy groups -OCH3 is 1. The van der Waals surface area contributed by atoms with Gasteiger partial charge in [0.15, 0.2) is 11.5 Å². The normalized spacial score (nSPS) is 22.9. The Labute approximate surface area is 122 Å². The van der Waals surface area contributed by atoms with Crippen LogP contribution >= 0.6 is 11.8 Å². The van der Waals surface area contributed by atoms with Gasteiger partial charge < -0.3 is 9.47 Å². The molecule has 1 aliphatic carbocycles. The molecule has 1 aromatic rings. The van der Waals surface area contributed by atoms with E-state index in [0.29, 0.717) is 5.75 Å². The summed E-state index contributed by atoms with van der Waals surface area (Å²) in [6, 6.07) is 5.82. The summed E-state index contributed by atoms with van der Waals surface area (Å²) in [4.78, 5) is 14.6. The maximum Gasteiger partial charge on any atom is 0.235 e. The molecular formula is C15H17NO3S. The molecule has 1 atom stereocenters. The largest absolute Gasteiger partial charge is 0.492 e. The third-order valence-electron chi connectivity index (χ3n) is 3.85. The molecule has 5 heteroatoms. The lowest BCUT2D eigenvalue weighted by Gasteiger charge is -2.19. The standard InChI is InChI=1S/C15H17NO3S/c1-18-14-12(15(6-7-15)16-10-17)3-2-4-13(14)19-11-5-8-20-9-11/h2-4,11H,5-9H2,1H3. The Morgan fingerprint density at radius 2 is 2.30 bits per heavy atom. The minimum absolute atomic E-state index is 0.244. The number of rotatable bonds is 5. The number of isocyanates is 1. The Morgan fingerprint density at radius 1 is 1.45 bits per heavy atom. The number of benzene rings is 1. The van der Waals surface area contributed by atoms with Crippen LogP contribution in [0.25, 0.3) is 0 Å². The lowest BCUT2D eigenvalue weighted by molar-refractivity contribution is 0.217. The number of hydrogen-bond acceptors (Lipinski definition) is 5. The van der Waals surface area contributed by atoms with Crippen LogP contribution in [-0.2, 0) is 10.3 Å². The molecule has 1 unspecified atom stereocenters. The molecular weight excluding hydrogens is 274 g/mol. The molecule has 0 radical (unpaired) electrons. The van der Waals surface area contributed by atoms with Gasteiger partial charge in [-0.15, -0.1) is 0 Å². The Hall–Kier alpha value is -1.45. The second kappa shape index (κ2) is 5.51. The second-order valence-corrected chi connectivity index (χ2v) is 6.32. The fraction of sp³-hybridized carbons (Fsp3) is 0.533. The molecule has 0 aromatic heterocycles. The molecule has 20 heavy (non-hydrogen) atoms. The summed E-state index contributed by atoms with van der Waals surface area (Å²) in [7, 11) is 1.63. The SMILES string of the molecule is COc1c(OC2CCSC2)cccc1C1(N=C=O)CC1. The fourth-order valence-electron chi connectivity index (χ4n) is 2.62. The van der Waals surface area contributed by atoms with Gasteiger partial charge in [-0.3, -0.25) is 0 Å². The molecule has 4 nitrogen and oxygen atoms in total. The maximum absolute atomic E-state index is 10.6. The Bertz CT molecular complexity index is 544. The zero-order valence-electron chi connectivity index (χ0n) is 11.4. The summed E-state index contributed by atoms with van der Waals surface area (Å²) in [6.07, 6.45) is 4.72. The van der Waals surface area contributed by atoms with E-state index in [4.69, 9.17) is 9.47 Å². The number of para-hydroxylation sites is 1. The predicted octanol–water partition coefficient (Wildman–Crippen LogP) is 2.90. The first-order valence-electron chi connectivity index (χ1n) is 6.80. The summed E-state index contributed by atoms with van der Waals surface area (Å²) in [6.45, 7) is 0. The van der Waals surface area contributed by atoms with Gasteiger partial charge in [0, 0.05) is 11.3 Å². The first kappa shape index (κ1) is 13.5. The third kappa shape index (κ3) is 2.43. The van der Waals surface area contributed by atoms with Gasteiger partial charge >= 0.3 is 0 Å². The first-order valence-corrected chi connectivity index (χ1v) is 7.95. The van der Waals surface area contributed by atoms with Gasteiger partial charge in [-0.05, 0) is 31.1 Å². The number of hydrogen-bond donors (Lipinski definition) is 0. The van der Waals surface area contributed by atoms with Crippen molar-refractivity contribution < 1.29 is 14.3 Å². The van der Waals surface area contributed by atoms with Crippen LogP contribution in [0.3, 0.4) is 0 Å². The third-order valence-corrected chi connectivity index (χ3v) is 4.98. The molecule has 106 valence electrons. The van der Waals surface area contributed by atoms with E-state index in [-0.39, 0.29) is 6.10 Å². The smallest absolute Gasteiger partial charge is 0.235 e. The van der Waals surface area contributed by atoms with Crippen molar-refractivity contribution in [3.8, 4) is 11.5 Å². The zero-order valence-corrected chi connectivity index (χ0v) is 12.2. The van der Waals surface area contributed by atoms with Gasteiger partial charge in [-0.25, -0.2) is 4.79 Å². The fourth-order valence-corrected chi connectivity index (χ4v) is 3.71. The van der Waals surface area contributed by atoms with E-state index in [9.17, 15) is 4.79 Å². The number of ether oxygens (including phenoxy) is 2. The van der Waals surface area contributed by atoms with Crippen LogP contribution in [0.5, 0.6) is 11.5 Å². The predicted molar refractivity (Wildman–Crippen MR) is 78.4 cm³/mol. The van der Waals surface area contributed by atoms with E-state index >= 15 is 0 Å². The highest BCUT2D eigenvalue weighted by Gasteiger charge is 2.47. The van der Waals surface area contributed by atoms with Crippen LogP contribution in [0.1, 0.15) is 24.8 Å². The quantitative estimate of drug-likeness (QED) is 0.618. The van der Waals surface area contributed by atoms with Crippen molar-refractivity contribution in [3.05, 3.63) is 23.8 Å². The molecule has 1 saturated carbocycles. The van der Waals surface area contributed by atoms with E-state index in [1.54, 1.807) is 13.2 Å². The first-order chi connectivity index (χ1) is 9.79. The highest BCUT2D eigenvalue weighted by molar-refractivity contribution is 7.99. The van der Waals surface area contributed by atoms with Crippen LogP contribution < -0.4 is 9.47 Å². The lowest BCUT2D eigenvalue weighted by atomic mass is 10.0. The highest BCUT2D eigenvalue weighted by Crippen LogP contribution is 2.54. The van der Waals surface area contributed by atoms with Crippen LogP contribution in [0.15, 0.2) is 23.2 Å². The molecule has 1 aromatic carbocycles. The van der Waals surface area contributed by atoms with Crippen LogP contribution in [-0.4, -0.2) is 30.8 Å². The highest BCUT2D eigenvalue weighted by atomic mass is 32.2. The minimum Gasteiger partial charge on any atom is -0.492 e. The summed E-state index contributed by atoms with van der Waals surface area (Å²) in [5.41, 5.74) is 0.503. The van der Waals surface area contributed by atoms with Gasteiger partial charge in [0.2, 0.25) is 6.08 Å². The molecule has 1 heterocycles.